The molecule has 2 aromatic rings. The van der Waals surface area contributed by atoms with E-state index in [2.05, 4.69) is 47.8 Å². The number of nitrogen functional groups attached to an aromatic ring is 1. The predicted octanol–water partition coefficient (Wildman–Crippen LogP) is 5.69. The van der Waals surface area contributed by atoms with E-state index in [0.29, 0.717) is 6.04 Å². The quantitative estimate of drug-likeness (QED) is 0.397. The zero-order chi connectivity index (χ0) is 18.7. The van der Waals surface area contributed by atoms with Crippen LogP contribution in [-0.4, -0.2) is 12.6 Å². The molecule has 1 unspecified atom stereocenters. The predicted molar refractivity (Wildman–Crippen MR) is 117 cm³/mol. The highest BCUT2D eigenvalue weighted by Gasteiger charge is 2.19. The molecule has 3 rings (SSSR count). The summed E-state index contributed by atoms with van der Waals surface area (Å²) in [5, 5.41) is 3.77. The fourth-order valence-corrected chi connectivity index (χ4v) is 4.30. The summed E-state index contributed by atoms with van der Waals surface area (Å²) in [7, 11) is 0. The van der Waals surface area contributed by atoms with Gasteiger partial charge in [-0.3, -0.25) is 0 Å². The Bertz CT molecular complexity index is 665. The Kier molecular flexibility index (Phi) is 8.23. The fraction of sp³-hybridized carbons (Fsp3) is 0.520. The third kappa shape index (κ3) is 6.70. The Hall–Kier alpha value is -1.80. The topological polar surface area (TPSA) is 38.0 Å². The molecule has 0 aliphatic heterocycles. The largest absolute Gasteiger partial charge is 0.398 e. The van der Waals surface area contributed by atoms with Crippen LogP contribution in [0.4, 0.5) is 5.69 Å². The summed E-state index contributed by atoms with van der Waals surface area (Å²) in [6.45, 7) is 1.16. The Morgan fingerprint density at radius 2 is 1.56 bits per heavy atom. The van der Waals surface area contributed by atoms with E-state index >= 15 is 0 Å². The van der Waals surface area contributed by atoms with Crippen LogP contribution in [0.1, 0.15) is 68.1 Å². The lowest BCUT2D eigenvalue weighted by Gasteiger charge is -2.26. The van der Waals surface area contributed by atoms with E-state index in [1.165, 1.54) is 74.5 Å². The average molecular weight is 365 g/mol. The van der Waals surface area contributed by atoms with E-state index in [1.54, 1.807) is 0 Å². The highest BCUT2D eigenvalue weighted by atomic mass is 14.9. The lowest BCUT2D eigenvalue weighted by Crippen LogP contribution is -2.35. The van der Waals surface area contributed by atoms with Crippen molar-refractivity contribution in [3.8, 4) is 0 Å². The number of nitrogens with two attached hydrogens (primary N) is 1. The van der Waals surface area contributed by atoms with Crippen molar-refractivity contribution in [2.75, 3.05) is 12.3 Å². The van der Waals surface area contributed by atoms with E-state index in [-0.39, 0.29) is 0 Å². The van der Waals surface area contributed by atoms with Gasteiger partial charge in [-0.15, -0.1) is 0 Å². The SMILES string of the molecule is Nc1cccc2c1CCC(NCCCCCCCCCc1ccccc1)C2. The van der Waals surface area contributed by atoms with Crippen molar-refractivity contribution in [2.45, 2.75) is 76.7 Å². The molecule has 0 saturated carbocycles. The minimum absolute atomic E-state index is 0.636. The zero-order valence-corrected chi connectivity index (χ0v) is 16.8. The third-order valence-corrected chi connectivity index (χ3v) is 5.94. The second-order valence-corrected chi connectivity index (χ2v) is 8.09. The molecule has 0 aromatic heterocycles. The van der Waals surface area contributed by atoms with Gasteiger partial charge in [-0.2, -0.15) is 0 Å². The molecule has 0 heterocycles. The smallest absolute Gasteiger partial charge is 0.0349 e. The standard InChI is InChI=1S/C25H36N2/c26-25-16-11-15-22-20-23(17-18-24(22)25)27-19-10-5-3-1-2-4-7-12-21-13-8-6-9-14-21/h6,8-9,11,13-16,23,27H,1-5,7,10,12,17-20,26H2. The molecular formula is C25H36N2. The second-order valence-electron chi connectivity index (χ2n) is 8.09. The molecule has 2 heteroatoms. The molecule has 0 fully saturated rings. The van der Waals surface area contributed by atoms with Gasteiger partial charge in [0.15, 0.2) is 0 Å². The summed E-state index contributed by atoms with van der Waals surface area (Å²) >= 11 is 0. The number of rotatable bonds is 11. The second kappa shape index (κ2) is 11.1. The number of unbranched alkanes of at least 4 members (excludes halogenated alkanes) is 6. The Morgan fingerprint density at radius 3 is 2.37 bits per heavy atom. The first-order valence-corrected chi connectivity index (χ1v) is 11.0. The highest BCUT2D eigenvalue weighted by molar-refractivity contribution is 5.52. The van der Waals surface area contributed by atoms with Crippen molar-refractivity contribution in [1.82, 2.24) is 5.32 Å². The molecule has 0 amide bonds. The number of aryl methyl sites for hydroxylation is 1. The zero-order valence-electron chi connectivity index (χ0n) is 16.8. The number of anilines is 1. The lowest BCUT2D eigenvalue weighted by atomic mass is 9.87. The molecule has 2 aromatic carbocycles. The van der Waals surface area contributed by atoms with Crippen molar-refractivity contribution < 1.29 is 0 Å². The van der Waals surface area contributed by atoms with Crippen LogP contribution in [0.25, 0.3) is 0 Å². The van der Waals surface area contributed by atoms with Crippen LogP contribution in [-0.2, 0) is 19.3 Å². The van der Waals surface area contributed by atoms with Gasteiger partial charge in [0.25, 0.3) is 0 Å². The van der Waals surface area contributed by atoms with Gasteiger partial charge in [0, 0.05) is 11.7 Å². The van der Waals surface area contributed by atoms with Crippen LogP contribution in [0.2, 0.25) is 0 Å². The first-order valence-electron chi connectivity index (χ1n) is 11.0. The van der Waals surface area contributed by atoms with Gasteiger partial charge in [-0.05, 0) is 67.8 Å². The Balaban J connectivity index is 1.17. The van der Waals surface area contributed by atoms with Gasteiger partial charge in [-0.25, -0.2) is 0 Å². The van der Waals surface area contributed by atoms with Gasteiger partial charge in [0.1, 0.15) is 0 Å². The van der Waals surface area contributed by atoms with Crippen LogP contribution in [0.5, 0.6) is 0 Å². The number of hydrogen-bond donors (Lipinski definition) is 2. The lowest BCUT2D eigenvalue weighted by molar-refractivity contribution is 0.446. The first kappa shape index (κ1) is 19.9. The summed E-state index contributed by atoms with van der Waals surface area (Å²) in [4.78, 5) is 0. The molecular weight excluding hydrogens is 328 g/mol. The minimum Gasteiger partial charge on any atom is -0.398 e. The van der Waals surface area contributed by atoms with Crippen LogP contribution >= 0.6 is 0 Å². The minimum atomic E-state index is 0.636. The number of nitrogens with one attached hydrogen (secondary N) is 1. The molecule has 1 atom stereocenters. The molecule has 0 radical (unpaired) electrons. The van der Waals surface area contributed by atoms with E-state index in [1.807, 2.05) is 6.07 Å². The summed E-state index contributed by atoms with van der Waals surface area (Å²) in [6, 6.07) is 17.9. The number of benzene rings is 2. The van der Waals surface area contributed by atoms with Crippen LogP contribution in [0, 0.1) is 0 Å². The molecule has 3 N–H and O–H groups in total. The van der Waals surface area contributed by atoms with Gasteiger partial charge < -0.3 is 11.1 Å². The van der Waals surface area contributed by atoms with Crippen molar-refractivity contribution in [1.29, 1.82) is 0 Å². The van der Waals surface area contributed by atoms with Gasteiger partial charge in [-0.1, -0.05) is 74.6 Å². The molecule has 27 heavy (non-hydrogen) atoms. The average Bonchev–Trinajstić information content (AvgIpc) is 2.70. The maximum atomic E-state index is 6.09. The molecule has 1 aliphatic carbocycles. The van der Waals surface area contributed by atoms with Crippen LogP contribution in [0.15, 0.2) is 48.5 Å². The molecule has 0 spiro atoms. The Morgan fingerprint density at radius 1 is 0.815 bits per heavy atom. The molecule has 1 aliphatic rings. The summed E-state index contributed by atoms with van der Waals surface area (Å²) in [6.07, 6.45) is 14.3. The molecule has 2 nitrogen and oxygen atoms in total. The summed E-state index contributed by atoms with van der Waals surface area (Å²) in [5.41, 5.74) is 11.4. The number of fused-ring (bicyclic) bond motifs is 1. The molecule has 0 saturated heterocycles. The van der Waals surface area contributed by atoms with Gasteiger partial charge >= 0.3 is 0 Å². The first-order chi connectivity index (χ1) is 13.3. The molecule has 146 valence electrons. The van der Waals surface area contributed by atoms with E-state index in [0.717, 1.165) is 25.1 Å². The van der Waals surface area contributed by atoms with Crippen molar-refractivity contribution in [2.24, 2.45) is 0 Å². The monoisotopic (exact) mass is 364 g/mol. The van der Waals surface area contributed by atoms with E-state index in [4.69, 9.17) is 5.73 Å². The third-order valence-electron chi connectivity index (χ3n) is 5.94. The van der Waals surface area contributed by atoms with Gasteiger partial charge in [0.05, 0.1) is 0 Å². The normalized spacial score (nSPS) is 16.2. The molecule has 0 bridgehead atoms. The van der Waals surface area contributed by atoms with Crippen LogP contribution < -0.4 is 11.1 Å². The van der Waals surface area contributed by atoms with Gasteiger partial charge in [0.2, 0.25) is 0 Å². The summed E-state index contributed by atoms with van der Waals surface area (Å²) in [5.74, 6) is 0. The Labute approximate surface area is 165 Å². The highest BCUT2D eigenvalue weighted by Crippen LogP contribution is 2.26. The number of hydrogen-bond acceptors (Lipinski definition) is 2. The van der Waals surface area contributed by atoms with E-state index in [9.17, 15) is 0 Å². The maximum absolute atomic E-state index is 6.09. The van der Waals surface area contributed by atoms with Crippen molar-refractivity contribution in [3.05, 3.63) is 65.2 Å². The van der Waals surface area contributed by atoms with E-state index < -0.39 is 0 Å². The summed E-state index contributed by atoms with van der Waals surface area (Å²) < 4.78 is 0. The van der Waals surface area contributed by atoms with Crippen LogP contribution in [0.3, 0.4) is 0 Å². The maximum Gasteiger partial charge on any atom is 0.0349 e. The van der Waals surface area contributed by atoms with Crippen molar-refractivity contribution in [3.63, 3.8) is 0 Å². The van der Waals surface area contributed by atoms with Crippen molar-refractivity contribution >= 4 is 5.69 Å². The fourth-order valence-electron chi connectivity index (χ4n) is 4.30.